The topological polar surface area (TPSA) is 55.1 Å². The normalized spacial score (nSPS) is 12.8. The highest BCUT2D eigenvalue weighted by Gasteiger charge is 2.13. The lowest BCUT2D eigenvalue weighted by atomic mass is 10.3. The lowest BCUT2D eigenvalue weighted by molar-refractivity contribution is 0.0180. The summed E-state index contributed by atoms with van der Waals surface area (Å²) >= 11 is 0. The molecule has 0 fully saturated rings. The minimum absolute atomic E-state index is 0.299. The number of furan rings is 1. The molecular weight excluding hydrogens is 246 g/mol. The van der Waals surface area contributed by atoms with Gasteiger partial charge in [-0.1, -0.05) is 6.08 Å². The third-order valence-corrected chi connectivity index (χ3v) is 2.59. The van der Waals surface area contributed by atoms with Gasteiger partial charge in [0.2, 0.25) is 0 Å². The van der Waals surface area contributed by atoms with Gasteiger partial charge in [0.05, 0.1) is 38.7 Å². The van der Waals surface area contributed by atoms with Crippen molar-refractivity contribution in [3.05, 3.63) is 36.8 Å². The molecule has 1 aromatic rings. The van der Waals surface area contributed by atoms with E-state index in [1.54, 1.807) is 19.4 Å². The Morgan fingerprint density at radius 1 is 1.58 bits per heavy atom. The largest absolute Gasteiger partial charge is 0.468 e. The van der Waals surface area contributed by atoms with Crippen LogP contribution in [-0.4, -0.2) is 56.1 Å². The van der Waals surface area contributed by atoms with Gasteiger partial charge in [0.15, 0.2) is 0 Å². The van der Waals surface area contributed by atoms with Crippen molar-refractivity contribution in [2.45, 2.75) is 12.6 Å². The molecule has 0 aliphatic heterocycles. The smallest absolute Gasteiger partial charge is 0.117 e. The first-order valence-electron chi connectivity index (χ1n) is 6.36. The van der Waals surface area contributed by atoms with Crippen molar-refractivity contribution >= 4 is 0 Å². The number of hydrogen-bond acceptors (Lipinski definition) is 5. The van der Waals surface area contributed by atoms with Gasteiger partial charge in [-0.3, -0.25) is 4.90 Å². The van der Waals surface area contributed by atoms with Crippen LogP contribution < -0.4 is 0 Å². The van der Waals surface area contributed by atoms with Crippen LogP contribution in [0, 0.1) is 0 Å². The molecule has 0 aromatic carbocycles. The van der Waals surface area contributed by atoms with E-state index in [0.717, 1.165) is 12.3 Å². The van der Waals surface area contributed by atoms with Crippen LogP contribution in [-0.2, 0) is 16.0 Å². The van der Waals surface area contributed by atoms with Gasteiger partial charge >= 0.3 is 0 Å². The number of methoxy groups -OCH3 is 1. The zero-order valence-electron chi connectivity index (χ0n) is 11.5. The van der Waals surface area contributed by atoms with E-state index in [1.807, 2.05) is 12.1 Å². The Bertz CT molecular complexity index is 326. The van der Waals surface area contributed by atoms with Crippen molar-refractivity contribution in [3.8, 4) is 0 Å². The molecule has 0 bridgehead atoms. The van der Waals surface area contributed by atoms with Crippen molar-refractivity contribution in [3.63, 3.8) is 0 Å². The van der Waals surface area contributed by atoms with Crippen molar-refractivity contribution in [1.29, 1.82) is 0 Å². The fourth-order valence-electron chi connectivity index (χ4n) is 1.72. The summed E-state index contributed by atoms with van der Waals surface area (Å²) in [6.07, 6.45) is 2.78. The van der Waals surface area contributed by atoms with Gasteiger partial charge in [0.1, 0.15) is 5.76 Å². The molecule has 1 N–H and O–H groups in total. The molecule has 0 aliphatic carbocycles. The summed E-state index contributed by atoms with van der Waals surface area (Å²) < 4.78 is 15.6. The fraction of sp³-hybridized carbons (Fsp3) is 0.571. The van der Waals surface area contributed by atoms with Crippen LogP contribution in [0.15, 0.2) is 35.5 Å². The van der Waals surface area contributed by atoms with Crippen LogP contribution in [0.5, 0.6) is 0 Å². The van der Waals surface area contributed by atoms with Crippen LogP contribution >= 0.6 is 0 Å². The van der Waals surface area contributed by atoms with E-state index >= 15 is 0 Å². The van der Waals surface area contributed by atoms with Crippen molar-refractivity contribution < 1.29 is 19.0 Å². The van der Waals surface area contributed by atoms with E-state index < -0.39 is 6.10 Å². The summed E-state index contributed by atoms with van der Waals surface area (Å²) in [6, 6.07) is 3.77. The number of rotatable bonds is 11. The number of ether oxygens (including phenoxy) is 2. The molecule has 1 atom stereocenters. The zero-order chi connectivity index (χ0) is 13.9. The monoisotopic (exact) mass is 269 g/mol. The lowest BCUT2D eigenvalue weighted by Gasteiger charge is -2.23. The molecule has 0 aliphatic rings. The van der Waals surface area contributed by atoms with Gasteiger partial charge in [-0.25, -0.2) is 0 Å². The van der Waals surface area contributed by atoms with Gasteiger partial charge < -0.3 is 19.0 Å². The molecule has 1 rings (SSSR count). The summed E-state index contributed by atoms with van der Waals surface area (Å²) in [5, 5.41) is 9.90. The molecule has 0 amide bonds. The van der Waals surface area contributed by atoms with Gasteiger partial charge in [-0.2, -0.15) is 0 Å². The highest BCUT2D eigenvalue weighted by molar-refractivity contribution is 4.97. The molecule has 0 saturated carbocycles. The molecule has 5 nitrogen and oxygen atoms in total. The second-order valence-electron chi connectivity index (χ2n) is 4.29. The third-order valence-electron chi connectivity index (χ3n) is 2.59. The van der Waals surface area contributed by atoms with Gasteiger partial charge in [0.25, 0.3) is 0 Å². The molecule has 19 heavy (non-hydrogen) atoms. The van der Waals surface area contributed by atoms with Gasteiger partial charge in [-0.15, -0.1) is 6.58 Å². The minimum atomic E-state index is -0.535. The summed E-state index contributed by atoms with van der Waals surface area (Å²) in [4.78, 5) is 2.07. The van der Waals surface area contributed by atoms with E-state index in [1.165, 1.54) is 0 Å². The van der Waals surface area contributed by atoms with E-state index in [2.05, 4.69) is 11.5 Å². The Kier molecular flexibility index (Phi) is 8.16. The summed E-state index contributed by atoms with van der Waals surface area (Å²) in [7, 11) is 1.66. The highest BCUT2D eigenvalue weighted by atomic mass is 16.5. The Balaban J connectivity index is 2.37. The molecule has 0 radical (unpaired) electrons. The first-order valence-corrected chi connectivity index (χ1v) is 6.36. The van der Waals surface area contributed by atoms with E-state index in [0.29, 0.717) is 32.9 Å². The fourth-order valence-corrected chi connectivity index (χ4v) is 1.72. The average Bonchev–Trinajstić information content (AvgIpc) is 2.89. The third kappa shape index (κ3) is 7.12. The maximum atomic E-state index is 9.90. The lowest BCUT2D eigenvalue weighted by Crippen LogP contribution is -2.36. The maximum Gasteiger partial charge on any atom is 0.117 e. The van der Waals surface area contributed by atoms with E-state index in [4.69, 9.17) is 13.9 Å². The average molecular weight is 269 g/mol. The van der Waals surface area contributed by atoms with Crippen LogP contribution in [0.1, 0.15) is 5.76 Å². The molecule has 1 heterocycles. The summed E-state index contributed by atoms with van der Waals surface area (Å²) in [6.45, 7) is 6.82. The molecule has 108 valence electrons. The summed E-state index contributed by atoms with van der Waals surface area (Å²) in [5.74, 6) is 0.871. The second kappa shape index (κ2) is 9.75. The molecule has 1 aromatic heterocycles. The first-order chi connectivity index (χ1) is 9.26. The van der Waals surface area contributed by atoms with Crippen molar-refractivity contribution in [2.24, 2.45) is 0 Å². The van der Waals surface area contributed by atoms with Gasteiger partial charge in [0, 0.05) is 20.2 Å². The molecule has 0 spiro atoms. The first kappa shape index (κ1) is 15.9. The quantitative estimate of drug-likeness (QED) is 0.484. The standard InChI is InChI=1S/C14H23NO4/c1-3-7-18-12-13(16)10-15(6-9-17-2)11-14-5-4-8-19-14/h3-5,8,13,16H,1,6-7,9-12H2,2H3/t13-/m0/s1. The van der Waals surface area contributed by atoms with Crippen molar-refractivity contribution in [1.82, 2.24) is 4.90 Å². The Hall–Kier alpha value is -1.14. The van der Waals surface area contributed by atoms with E-state index in [9.17, 15) is 5.11 Å². The second-order valence-corrected chi connectivity index (χ2v) is 4.29. The predicted molar refractivity (Wildman–Crippen MR) is 72.9 cm³/mol. The van der Waals surface area contributed by atoms with Crippen LogP contribution in [0.2, 0.25) is 0 Å². The molecule has 0 unspecified atom stereocenters. The minimum Gasteiger partial charge on any atom is -0.468 e. The predicted octanol–water partition coefficient (Wildman–Crippen LogP) is 1.29. The van der Waals surface area contributed by atoms with Gasteiger partial charge in [-0.05, 0) is 12.1 Å². The Morgan fingerprint density at radius 2 is 2.42 bits per heavy atom. The van der Waals surface area contributed by atoms with E-state index in [-0.39, 0.29) is 0 Å². The highest BCUT2D eigenvalue weighted by Crippen LogP contribution is 2.06. The summed E-state index contributed by atoms with van der Waals surface area (Å²) in [5.41, 5.74) is 0. The molecule has 5 heteroatoms. The van der Waals surface area contributed by atoms with Crippen LogP contribution in [0.4, 0.5) is 0 Å². The number of nitrogens with zero attached hydrogens (tertiary/aromatic N) is 1. The van der Waals surface area contributed by atoms with Crippen molar-refractivity contribution in [2.75, 3.05) is 40.0 Å². The maximum absolute atomic E-state index is 9.90. The zero-order valence-corrected chi connectivity index (χ0v) is 11.5. The Morgan fingerprint density at radius 3 is 3.05 bits per heavy atom. The SMILES string of the molecule is C=CCOC[C@@H](O)CN(CCOC)Cc1ccco1. The van der Waals surface area contributed by atoms with Crippen LogP contribution in [0.25, 0.3) is 0 Å². The number of aliphatic hydroxyl groups excluding tert-OH is 1. The van der Waals surface area contributed by atoms with Crippen LogP contribution in [0.3, 0.4) is 0 Å². The Labute approximate surface area is 114 Å². The molecule has 0 saturated heterocycles. The number of hydrogen-bond donors (Lipinski definition) is 1. The molecular formula is C14H23NO4. The number of aliphatic hydroxyl groups is 1.